The first-order valence-corrected chi connectivity index (χ1v) is 9.43. The molecule has 0 atom stereocenters. The summed E-state index contributed by atoms with van der Waals surface area (Å²) in [4.78, 5) is 17.3. The maximum Gasteiger partial charge on any atom is 0.416 e. The van der Waals surface area contributed by atoms with Crippen LogP contribution in [0, 0.1) is 0 Å². The van der Waals surface area contributed by atoms with Crippen LogP contribution >= 0.6 is 11.3 Å². The molecule has 4 heterocycles. The van der Waals surface area contributed by atoms with E-state index in [-0.39, 0.29) is 16.9 Å². The fourth-order valence-corrected chi connectivity index (χ4v) is 3.80. The van der Waals surface area contributed by atoms with E-state index >= 15 is 0 Å². The third kappa shape index (κ3) is 3.20. The van der Waals surface area contributed by atoms with E-state index in [9.17, 15) is 18.0 Å². The summed E-state index contributed by atoms with van der Waals surface area (Å²) in [5, 5.41) is 4.16. The molecule has 0 radical (unpaired) electrons. The van der Waals surface area contributed by atoms with Gasteiger partial charge in [-0.05, 0) is 36.4 Å². The summed E-state index contributed by atoms with van der Waals surface area (Å²) in [5.74, 6) is 1.35. The Balaban J connectivity index is 1.50. The van der Waals surface area contributed by atoms with Crippen LogP contribution in [-0.4, -0.2) is 14.6 Å². The third-order valence-corrected chi connectivity index (χ3v) is 5.26. The Labute approximate surface area is 169 Å². The lowest BCUT2D eigenvalue weighted by Crippen LogP contribution is -2.23. The van der Waals surface area contributed by atoms with Gasteiger partial charge in [-0.3, -0.25) is 4.79 Å². The van der Waals surface area contributed by atoms with Crippen molar-refractivity contribution in [1.29, 1.82) is 0 Å². The van der Waals surface area contributed by atoms with E-state index in [0.29, 0.717) is 26.8 Å². The molecule has 0 aliphatic rings. The van der Waals surface area contributed by atoms with Crippen LogP contribution in [0.2, 0.25) is 0 Å². The van der Waals surface area contributed by atoms with Gasteiger partial charge in [-0.25, -0.2) is 0 Å². The van der Waals surface area contributed by atoms with Crippen molar-refractivity contribution in [3.05, 3.63) is 81.0 Å². The molecule has 0 bridgehead atoms. The van der Waals surface area contributed by atoms with Gasteiger partial charge >= 0.3 is 6.18 Å². The molecule has 0 aliphatic heterocycles. The van der Waals surface area contributed by atoms with Crippen molar-refractivity contribution >= 4 is 22.4 Å². The van der Waals surface area contributed by atoms with Crippen molar-refractivity contribution in [2.24, 2.45) is 0 Å². The lowest BCUT2D eigenvalue weighted by molar-refractivity contribution is -0.137. The summed E-state index contributed by atoms with van der Waals surface area (Å²) in [6.07, 6.45) is -1.45. The van der Waals surface area contributed by atoms with Crippen LogP contribution in [0.3, 0.4) is 0 Å². The maximum absolute atomic E-state index is 12.9. The zero-order chi connectivity index (χ0) is 20.9. The van der Waals surface area contributed by atoms with Crippen LogP contribution in [-0.2, 0) is 6.18 Å². The van der Waals surface area contributed by atoms with Crippen molar-refractivity contribution in [3.63, 3.8) is 0 Å². The highest BCUT2D eigenvalue weighted by Gasteiger charge is 2.30. The van der Waals surface area contributed by atoms with Gasteiger partial charge in [0.05, 0.1) is 11.8 Å². The molecule has 150 valence electrons. The minimum absolute atomic E-state index is 0.263. The number of hydrogen-bond donors (Lipinski definition) is 0. The van der Waals surface area contributed by atoms with Crippen LogP contribution in [0.5, 0.6) is 0 Å². The second-order valence-corrected chi connectivity index (χ2v) is 7.31. The highest BCUT2D eigenvalue weighted by Crippen LogP contribution is 2.32. The molecule has 0 amide bonds. The number of alkyl halides is 3. The van der Waals surface area contributed by atoms with Crippen LogP contribution in [0.25, 0.3) is 33.9 Å². The third-order valence-electron chi connectivity index (χ3n) is 4.30. The Hall–Kier alpha value is -3.66. The summed E-state index contributed by atoms with van der Waals surface area (Å²) in [7, 11) is 0. The molecular weight excluding hydrogens is 419 g/mol. The van der Waals surface area contributed by atoms with Gasteiger partial charge in [0.15, 0.2) is 5.76 Å². The molecule has 0 saturated heterocycles. The average molecular weight is 429 g/mol. The smallest absolute Gasteiger partial charge is 0.416 e. The van der Waals surface area contributed by atoms with Gasteiger partial charge in [-0.2, -0.15) is 22.7 Å². The number of rotatable bonds is 3. The molecule has 0 unspecified atom stereocenters. The second kappa shape index (κ2) is 6.70. The molecule has 10 heteroatoms. The molecule has 0 saturated carbocycles. The first-order valence-electron chi connectivity index (χ1n) is 8.61. The van der Waals surface area contributed by atoms with Crippen molar-refractivity contribution in [2.75, 3.05) is 0 Å². The first kappa shape index (κ1) is 18.4. The van der Waals surface area contributed by atoms with Gasteiger partial charge in [0.2, 0.25) is 10.8 Å². The van der Waals surface area contributed by atoms with E-state index in [1.54, 1.807) is 24.3 Å². The molecular formula is C20H10F3N3O3S. The average Bonchev–Trinajstić information content (AvgIpc) is 3.48. The molecule has 0 spiro atoms. The standard InChI is InChI=1S/C20H10F3N3O3S/c21-20(22,23)12-4-1-3-11(9-12)14-7-6-13(29-14)10-16-18(27)26-19(30-16)24-17(25-26)15-5-2-8-28-15/h1-10H. The van der Waals surface area contributed by atoms with E-state index in [4.69, 9.17) is 8.83 Å². The number of hydrogen-bond acceptors (Lipinski definition) is 6. The fourth-order valence-electron chi connectivity index (χ4n) is 2.91. The predicted molar refractivity (Wildman–Crippen MR) is 103 cm³/mol. The summed E-state index contributed by atoms with van der Waals surface area (Å²) in [5.41, 5.74) is -0.850. The zero-order valence-corrected chi connectivity index (χ0v) is 15.7. The summed E-state index contributed by atoms with van der Waals surface area (Å²) in [6.45, 7) is 0. The van der Waals surface area contributed by atoms with Crippen LogP contribution in [0.4, 0.5) is 13.2 Å². The Bertz CT molecular complexity index is 1460. The Morgan fingerprint density at radius 2 is 1.93 bits per heavy atom. The SMILES string of the molecule is O=c1c(=Cc2ccc(-c3cccc(C(F)(F)F)c3)o2)sc2nc(-c3ccco3)nn12. The monoisotopic (exact) mass is 429 g/mol. The molecule has 1 aromatic carbocycles. The first-order chi connectivity index (χ1) is 14.4. The highest BCUT2D eigenvalue weighted by molar-refractivity contribution is 7.15. The van der Waals surface area contributed by atoms with Crippen LogP contribution in [0.1, 0.15) is 11.3 Å². The molecule has 4 aromatic heterocycles. The quantitative estimate of drug-likeness (QED) is 0.429. The number of halogens is 3. The topological polar surface area (TPSA) is 73.5 Å². The maximum atomic E-state index is 12.9. The van der Waals surface area contributed by atoms with Gasteiger partial charge in [0.25, 0.3) is 5.56 Å². The number of nitrogens with zero attached hydrogens (tertiary/aromatic N) is 3. The van der Waals surface area contributed by atoms with E-state index < -0.39 is 11.7 Å². The van der Waals surface area contributed by atoms with Gasteiger partial charge < -0.3 is 8.83 Å². The van der Waals surface area contributed by atoms with E-state index in [1.807, 2.05) is 0 Å². The van der Waals surface area contributed by atoms with Crippen molar-refractivity contribution in [1.82, 2.24) is 14.6 Å². The Morgan fingerprint density at radius 3 is 2.67 bits per heavy atom. The van der Waals surface area contributed by atoms with Gasteiger partial charge in [-0.1, -0.05) is 23.5 Å². The van der Waals surface area contributed by atoms with Crippen molar-refractivity contribution in [2.45, 2.75) is 6.18 Å². The Morgan fingerprint density at radius 1 is 1.07 bits per heavy atom. The van der Waals surface area contributed by atoms with E-state index in [1.165, 1.54) is 29.0 Å². The summed E-state index contributed by atoms with van der Waals surface area (Å²) >= 11 is 1.12. The highest BCUT2D eigenvalue weighted by atomic mass is 32.1. The molecule has 30 heavy (non-hydrogen) atoms. The normalized spacial score (nSPS) is 12.8. The molecule has 5 aromatic rings. The molecule has 0 aliphatic carbocycles. The number of thiazole rings is 1. The minimum atomic E-state index is -4.44. The van der Waals surface area contributed by atoms with Gasteiger partial charge in [0.1, 0.15) is 16.1 Å². The van der Waals surface area contributed by atoms with Gasteiger partial charge in [-0.15, -0.1) is 5.10 Å². The molecule has 0 fully saturated rings. The molecule has 6 nitrogen and oxygen atoms in total. The molecule has 5 rings (SSSR count). The fraction of sp³-hybridized carbons (Fsp3) is 0.0500. The Kier molecular flexibility index (Phi) is 4.10. The van der Waals surface area contributed by atoms with Crippen LogP contribution in [0.15, 0.2) is 68.4 Å². The number of furan rings is 2. The van der Waals surface area contributed by atoms with Crippen molar-refractivity contribution in [3.8, 4) is 22.9 Å². The lowest BCUT2D eigenvalue weighted by Gasteiger charge is -2.07. The number of fused-ring (bicyclic) bond motifs is 1. The second-order valence-electron chi connectivity index (χ2n) is 6.30. The summed E-state index contributed by atoms with van der Waals surface area (Å²) in [6, 6.07) is 11.4. The minimum Gasteiger partial charge on any atom is -0.461 e. The van der Waals surface area contributed by atoms with E-state index in [2.05, 4.69) is 10.1 Å². The molecule has 0 N–H and O–H groups in total. The summed E-state index contributed by atoms with van der Waals surface area (Å²) < 4.78 is 51.1. The largest absolute Gasteiger partial charge is 0.461 e. The number of benzene rings is 1. The van der Waals surface area contributed by atoms with E-state index in [0.717, 1.165) is 23.5 Å². The zero-order valence-electron chi connectivity index (χ0n) is 14.9. The van der Waals surface area contributed by atoms with Crippen molar-refractivity contribution < 1.29 is 22.0 Å². The van der Waals surface area contributed by atoms with Gasteiger partial charge in [0, 0.05) is 11.6 Å². The predicted octanol–water partition coefficient (Wildman–Crippen LogP) is 4.24. The van der Waals surface area contributed by atoms with Crippen LogP contribution < -0.4 is 10.1 Å². The number of aromatic nitrogens is 3. The lowest BCUT2D eigenvalue weighted by atomic mass is 10.1.